The summed E-state index contributed by atoms with van der Waals surface area (Å²) in [5, 5.41) is 11.8. The number of likely N-dealkylation sites (N-methyl/N-ethyl adjacent to an activating group) is 1. The van der Waals surface area contributed by atoms with Crippen LogP contribution < -0.4 is 4.74 Å². The van der Waals surface area contributed by atoms with Crippen molar-refractivity contribution >= 4 is 40.7 Å². The van der Waals surface area contributed by atoms with E-state index >= 15 is 0 Å². The SMILES string of the molecule is COc1ccc(/C(O)=C2\C(=O)C(=O)N(CCN(C)C)[C@@H]2c2cccc(Cl)c2)cc1Cl. The summed E-state index contributed by atoms with van der Waals surface area (Å²) in [7, 11) is 5.24. The van der Waals surface area contributed by atoms with Crippen LogP contribution in [0.4, 0.5) is 0 Å². The lowest BCUT2D eigenvalue weighted by atomic mass is 9.95. The van der Waals surface area contributed by atoms with Gasteiger partial charge in [-0.25, -0.2) is 0 Å². The van der Waals surface area contributed by atoms with Gasteiger partial charge in [-0.15, -0.1) is 0 Å². The van der Waals surface area contributed by atoms with E-state index < -0.39 is 17.7 Å². The van der Waals surface area contributed by atoms with E-state index in [-0.39, 0.29) is 16.4 Å². The van der Waals surface area contributed by atoms with E-state index in [1.807, 2.05) is 19.0 Å². The highest BCUT2D eigenvalue weighted by Crippen LogP contribution is 2.40. The van der Waals surface area contributed by atoms with E-state index in [1.165, 1.54) is 18.1 Å². The molecular formula is C22H22Cl2N2O4. The second kappa shape index (κ2) is 9.08. The summed E-state index contributed by atoms with van der Waals surface area (Å²) >= 11 is 12.4. The maximum atomic E-state index is 12.9. The van der Waals surface area contributed by atoms with Crippen molar-refractivity contribution < 1.29 is 19.4 Å². The molecule has 0 aromatic heterocycles. The van der Waals surface area contributed by atoms with Crippen molar-refractivity contribution in [2.45, 2.75) is 6.04 Å². The summed E-state index contributed by atoms with van der Waals surface area (Å²) < 4.78 is 5.14. The van der Waals surface area contributed by atoms with E-state index in [1.54, 1.807) is 36.4 Å². The number of benzene rings is 2. The topological polar surface area (TPSA) is 70.1 Å². The van der Waals surface area contributed by atoms with E-state index in [4.69, 9.17) is 27.9 Å². The predicted octanol–water partition coefficient (Wildman–Crippen LogP) is 3.99. The number of ketones is 1. The van der Waals surface area contributed by atoms with Gasteiger partial charge >= 0.3 is 0 Å². The standard InChI is InChI=1S/C22H22Cl2N2O4/c1-25(2)9-10-26-19(13-5-4-6-15(23)11-13)18(21(28)22(26)29)20(27)14-7-8-17(30-3)16(24)12-14/h4-8,11-12,19,27H,9-10H2,1-3H3/b20-18+/t19-/m1/s1. The molecule has 1 fully saturated rings. The summed E-state index contributed by atoms with van der Waals surface area (Å²) in [5.74, 6) is -1.27. The number of rotatable bonds is 6. The van der Waals surface area contributed by atoms with Crippen LogP contribution >= 0.6 is 23.2 Å². The minimum Gasteiger partial charge on any atom is -0.507 e. The van der Waals surface area contributed by atoms with Crippen LogP contribution in [0.25, 0.3) is 5.76 Å². The average molecular weight is 449 g/mol. The molecule has 6 nitrogen and oxygen atoms in total. The molecule has 2 aromatic carbocycles. The first-order chi connectivity index (χ1) is 14.2. The van der Waals surface area contributed by atoms with Gasteiger partial charge in [0, 0.05) is 23.7 Å². The second-order valence-electron chi connectivity index (χ2n) is 7.20. The number of carbonyl (C=O) groups excluding carboxylic acids is 2. The highest BCUT2D eigenvalue weighted by atomic mass is 35.5. The molecule has 1 amide bonds. The molecule has 0 aliphatic carbocycles. The monoisotopic (exact) mass is 448 g/mol. The van der Waals surface area contributed by atoms with Crippen molar-refractivity contribution in [3.8, 4) is 5.75 Å². The molecule has 8 heteroatoms. The third-order valence-electron chi connectivity index (χ3n) is 4.92. The number of likely N-dealkylation sites (tertiary alicyclic amines) is 1. The number of aliphatic hydroxyl groups is 1. The molecule has 30 heavy (non-hydrogen) atoms. The summed E-state index contributed by atoms with van der Waals surface area (Å²) in [6, 6.07) is 10.8. The predicted molar refractivity (Wildman–Crippen MR) is 117 cm³/mol. The molecule has 1 heterocycles. The number of methoxy groups -OCH3 is 1. The number of ether oxygens (including phenoxy) is 1. The van der Waals surface area contributed by atoms with Crippen LogP contribution in [0.2, 0.25) is 10.0 Å². The molecule has 158 valence electrons. The van der Waals surface area contributed by atoms with E-state index in [9.17, 15) is 14.7 Å². The van der Waals surface area contributed by atoms with Crippen LogP contribution in [-0.2, 0) is 9.59 Å². The van der Waals surface area contributed by atoms with Crippen LogP contribution in [0.3, 0.4) is 0 Å². The Morgan fingerprint density at radius 3 is 2.50 bits per heavy atom. The highest BCUT2D eigenvalue weighted by molar-refractivity contribution is 6.46. The van der Waals surface area contributed by atoms with Crippen LogP contribution in [-0.4, -0.2) is 60.9 Å². The lowest BCUT2D eigenvalue weighted by molar-refractivity contribution is -0.140. The number of carbonyl (C=O) groups is 2. The van der Waals surface area contributed by atoms with Crippen LogP contribution in [0.1, 0.15) is 17.2 Å². The van der Waals surface area contributed by atoms with Crippen molar-refractivity contribution in [1.82, 2.24) is 9.80 Å². The van der Waals surface area contributed by atoms with Crippen LogP contribution in [0, 0.1) is 0 Å². The first-order valence-electron chi connectivity index (χ1n) is 9.27. The lowest BCUT2D eigenvalue weighted by Gasteiger charge is -2.26. The third kappa shape index (κ3) is 4.31. The minimum absolute atomic E-state index is 0.00209. The Kier molecular flexibility index (Phi) is 6.71. The van der Waals surface area contributed by atoms with Crippen LogP contribution in [0.15, 0.2) is 48.0 Å². The van der Waals surface area contributed by atoms with Crippen molar-refractivity contribution in [3.05, 3.63) is 69.2 Å². The summed E-state index contributed by atoms with van der Waals surface area (Å²) in [4.78, 5) is 29.1. The summed E-state index contributed by atoms with van der Waals surface area (Å²) in [6.07, 6.45) is 0. The molecule has 1 saturated heterocycles. The number of nitrogens with zero attached hydrogens (tertiary/aromatic N) is 2. The van der Waals surface area contributed by atoms with Gasteiger partial charge in [0.05, 0.1) is 23.7 Å². The Morgan fingerprint density at radius 2 is 1.90 bits per heavy atom. The maximum Gasteiger partial charge on any atom is 0.295 e. The molecule has 1 N–H and O–H groups in total. The number of Topliss-reactive ketones (excluding diaryl/α,β-unsaturated/α-hetero) is 1. The van der Waals surface area contributed by atoms with Crippen molar-refractivity contribution in [1.29, 1.82) is 0 Å². The summed E-state index contributed by atoms with van der Waals surface area (Å²) in [6.45, 7) is 0.868. The van der Waals surface area contributed by atoms with Gasteiger partial charge in [-0.1, -0.05) is 35.3 Å². The molecule has 0 saturated carbocycles. The number of halogens is 2. The molecule has 1 atom stereocenters. The largest absolute Gasteiger partial charge is 0.507 e. The molecule has 1 aliphatic heterocycles. The van der Waals surface area contributed by atoms with E-state index in [0.29, 0.717) is 35.0 Å². The normalized spacial score (nSPS) is 18.3. The third-order valence-corrected chi connectivity index (χ3v) is 5.45. The van der Waals surface area contributed by atoms with Gasteiger partial charge in [0.2, 0.25) is 0 Å². The average Bonchev–Trinajstić information content (AvgIpc) is 2.96. The smallest absolute Gasteiger partial charge is 0.295 e. The van der Waals surface area contributed by atoms with Gasteiger partial charge in [-0.2, -0.15) is 0 Å². The number of hydrogen-bond acceptors (Lipinski definition) is 5. The van der Waals surface area contributed by atoms with Gasteiger partial charge in [-0.3, -0.25) is 9.59 Å². The zero-order chi connectivity index (χ0) is 22.0. The Bertz CT molecular complexity index is 1020. The van der Waals surface area contributed by atoms with Crippen molar-refractivity contribution in [2.75, 3.05) is 34.3 Å². The van der Waals surface area contributed by atoms with Gasteiger partial charge in [0.1, 0.15) is 11.5 Å². The number of aliphatic hydroxyl groups excluding tert-OH is 1. The molecule has 0 bridgehead atoms. The first kappa shape index (κ1) is 22.2. The lowest BCUT2D eigenvalue weighted by Crippen LogP contribution is -2.35. The second-order valence-corrected chi connectivity index (χ2v) is 8.04. The van der Waals surface area contributed by atoms with Gasteiger partial charge in [-0.05, 0) is 50.0 Å². The quantitative estimate of drug-likeness (QED) is 0.411. The Hall–Kier alpha value is -2.54. The zero-order valence-corrected chi connectivity index (χ0v) is 18.4. The molecule has 1 aliphatic rings. The number of hydrogen-bond donors (Lipinski definition) is 1. The summed E-state index contributed by atoms with van der Waals surface area (Å²) in [5.41, 5.74) is 0.960. The Labute approximate surface area is 185 Å². The molecule has 0 spiro atoms. The number of amides is 1. The molecular weight excluding hydrogens is 427 g/mol. The Balaban J connectivity index is 2.16. The maximum absolute atomic E-state index is 12.9. The van der Waals surface area contributed by atoms with Gasteiger partial charge in [0.25, 0.3) is 11.7 Å². The fourth-order valence-electron chi connectivity index (χ4n) is 3.41. The fraction of sp³-hybridized carbons (Fsp3) is 0.273. The molecule has 3 rings (SSSR count). The fourth-order valence-corrected chi connectivity index (χ4v) is 3.87. The van der Waals surface area contributed by atoms with Gasteiger partial charge in [0.15, 0.2) is 0 Å². The highest BCUT2D eigenvalue weighted by Gasteiger charge is 2.46. The first-order valence-corrected chi connectivity index (χ1v) is 10.0. The molecule has 2 aromatic rings. The van der Waals surface area contributed by atoms with Crippen molar-refractivity contribution in [3.63, 3.8) is 0 Å². The zero-order valence-electron chi connectivity index (χ0n) is 16.9. The minimum atomic E-state index is -0.760. The van der Waals surface area contributed by atoms with Crippen LogP contribution in [0.5, 0.6) is 5.75 Å². The van der Waals surface area contributed by atoms with E-state index in [2.05, 4.69) is 0 Å². The Morgan fingerprint density at radius 1 is 1.17 bits per heavy atom. The van der Waals surface area contributed by atoms with Crippen molar-refractivity contribution in [2.24, 2.45) is 0 Å². The molecule has 0 unspecified atom stereocenters. The molecule has 0 radical (unpaired) electrons. The van der Waals surface area contributed by atoms with E-state index in [0.717, 1.165) is 0 Å². The van der Waals surface area contributed by atoms with Gasteiger partial charge < -0.3 is 19.6 Å².